The number of nitrogens with two attached hydrogens (primary N) is 1. The van der Waals surface area contributed by atoms with Gasteiger partial charge in [-0.1, -0.05) is 6.07 Å². The Balaban J connectivity index is 2.04. The standard InChI is InChI=1S/C16H18N2O3/c1-16(2)10-18(15(19)13-4-3-7-20-13)12-6-5-11(9-17)8-14(12)21-16/h3-8H,9-10,17H2,1-2H3. The Hall–Kier alpha value is -2.27. The highest BCUT2D eigenvalue weighted by atomic mass is 16.5. The molecule has 1 aliphatic heterocycles. The van der Waals surface area contributed by atoms with E-state index in [1.807, 2.05) is 32.0 Å². The Labute approximate surface area is 123 Å². The second kappa shape index (κ2) is 4.93. The fourth-order valence-corrected chi connectivity index (χ4v) is 2.50. The van der Waals surface area contributed by atoms with Gasteiger partial charge in [-0.05, 0) is 43.7 Å². The number of fused-ring (bicyclic) bond motifs is 1. The quantitative estimate of drug-likeness (QED) is 0.921. The van der Waals surface area contributed by atoms with Crippen molar-refractivity contribution in [2.45, 2.75) is 26.0 Å². The molecule has 2 aromatic rings. The number of hydrogen-bond donors (Lipinski definition) is 1. The van der Waals surface area contributed by atoms with Crippen LogP contribution >= 0.6 is 0 Å². The van der Waals surface area contributed by atoms with Gasteiger partial charge in [0, 0.05) is 6.54 Å². The Morgan fingerprint density at radius 1 is 1.38 bits per heavy atom. The predicted molar refractivity (Wildman–Crippen MR) is 79.4 cm³/mol. The number of ether oxygens (including phenoxy) is 1. The molecule has 0 unspecified atom stereocenters. The summed E-state index contributed by atoms with van der Waals surface area (Å²) < 4.78 is 11.2. The van der Waals surface area contributed by atoms with E-state index in [9.17, 15) is 4.79 Å². The van der Waals surface area contributed by atoms with Crippen molar-refractivity contribution in [2.75, 3.05) is 11.4 Å². The lowest BCUT2D eigenvalue weighted by molar-refractivity contribution is 0.0817. The van der Waals surface area contributed by atoms with E-state index in [2.05, 4.69) is 0 Å². The average molecular weight is 286 g/mol. The summed E-state index contributed by atoms with van der Waals surface area (Å²) in [7, 11) is 0. The summed E-state index contributed by atoms with van der Waals surface area (Å²) in [4.78, 5) is 14.3. The minimum absolute atomic E-state index is 0.168. The van der Waals surface area contributed by atoms with E-state index in [1.54, 1.807) is 17.0 Å². The number of amides is 1. The van der Waals surface area contributed by atoms with Crippen molar-refractivity contribution in [3.8, 4) is 5.75 Å². The number of nitrogens with zero attached hydrogens (tertiary/aromatic N) is 1. The van der Waals surface area contributed by atoms with Crippen LogP contribution in [0.2, 0.25) is 0 Å². The molecule has 0 atom stereocenters. The molecule has 5 nitrogen and oxygen atoms in total. The lowest BCUT2D eigenvalue weighted by Gasteiger charge is -2.39. The molecule has 2 heterocycles. The van der Waals surface area contributed by atoms with Crippen molar-refractivity contribution < 1.29 is 13.9 Å². The second-order valence-electron chi connectivity index (χ2n) is 5.74. The fourth-order valence-electron chi connectivity index (χ4n) is 2.50. The van der Waals surface area contributed by atoms with Crippen LogP contribution in [0.5, 0.6) is 5.75 Å². The van der Waals surface area contributed by atoms with Crippen molar-refractivity contribution in [3.05, 3.63) is 47.9 Å². The first kappa shape index (κ1) is 13.7. The number of anilines is 1. The first-order valence-electron chi connectivity index (χ1n) is 6.87. The zero-order valence-electron chi connectivity index (χ0n) is 12.1. The molecule has 0 bridgehead atoms. The summed E-state index contributed by atoms with van der Waals surface area (Å²) in [5.74, 6) is 0.828. The van der Waals surface area contributed by atoms with Gasteiger partial charge in [0.1, 0.15) is 11.4 Å². The molecule has 1 aromatic carbocycles. The highest BCUT2D eigenvalue weighted by Gasteiger charge is 2.36. The lowest BCUT2D eigenvalue weighted by Crippen LogP contribution is -2.49. The highest BCUT2D eigenvalue weighted by Crippen LogP contribution is 2.38. The van der Waals surface area contributed by atoms with Gasteiger partial charge in [-0.25, -0.2) is 0 Å². The van der Waals surface area contributed by atoms with E-state index in [-0.39, 0.29) is 5.91 Å². The van der Waals surface area contributed by atoms with Crippen molar-refractivity contribution in [2.24, 2.45) is 5.73 Å². The maximum Gasteiger partial charge on any atom is 0.294 e. The summed E-state index contributed by atoms with van der Waals surface area (Å²) in [5.41, 5.74) is 6.91. The molecule has 1 amide bonds. The third-order valence-corrected chi connectivity index (χ3v) is 3.45. The monoisotopic (exact) mass is 286 g/mol. The smallest absolute Gasteiger partial charge is 0.294 e. The molecule has 0 saturated carbocycles. The zero-order chi connectivity index (χ0) is 15.0. The third-order valence-electron chi connectivity index (χ3n) is 3.45. The van der Waals surface area contributed by atoms with Crippen molar-refractivity contribution in [1.82, 2.24) is 0 Å². The minimum Gasteiger partial charge on any atom is -0.484 e. The van der Waals surface area contributed by atoms with Crippen molar-refractivity contribution >= 4 is 11.6 Å². The maximum atomic E-state index is 12.6. The summed E-state index contributed by atoms with van der Waals surface area (Å²) >= 11 is 0. The van der Waals surface area contributed by atoms with Gasteiger partial charge in [-0.15, -0.1) is 0 Å². The Kier molecular flexibility index (Phi) is 3.22. The molecule has 0 radical (unpaired) electrons. The van der Waals surface area contributed by atoms with Gasteiger partial charge in [0.15, 0.2) is 5.76 Å². The lowest BCUT2D eigenvalue weighted by atomic mass is 10.0. The Morgan fingerprint density at radius 2 is 2.19 bits per heavy atom. The van der Waals surface area contributed by atoms with Crippen LogP contribution in [0.1, 0.15) is 30.0 Å². The van der Waals surface area contributed by atoms with E-state index in [4.69, 9.17) is 14.9 Å². The molecule has 1 aliphatic rings. The normalized spacial score (nSPS) is 16.2. The molecule has 0 saturated heterocycles. The summed E-state index contributed by atoms with van der Waals surface area (Å²) in [6, 6.07) is 9.03. The van der Waals surface area contributed by atoms with E-state index >= 15 is 0 Å². The summed E-state index contributed by atoms with van der Waals surface area (Å²) in [5, 5.41) is 0. The Bertz CT molecular complexity index is 662. The van der Waals surface area contributed by atoms with Crippen LogP contribution < -0.4 is 15.4 Å². The number of hydrogen-bond acceptors (Lipinski definition) is 4. The molecule has 2 N–H and O–H groups in total. The number of benzene rings is 1. The number of carbonyl (C=O) groups is 1. The predicted octanol–water partition coefficient (Wildman–Crippen LogP) is 2.56. The zero-order valence-corrected chi connectivity index (χ0v) is 12.1. The SMILES string of the molecule is CC1(C)CN(C(=O)c2ccco2)c2ccc(CN)cc2O1. The first-order chi connectivity index (χ1) is 10.00. The van der Waals surface area contributed by atoms with Gasteiger partial charge < -0.3 is 14.9 Å². The van der Waals surface area contributed by atoms with Gasteiger partial charge in [0.05, 0.1) is 18.5 Å². The summed E-state index contributed by atoms with van der Waals surface area (Å²) in [6.07, 6.45) is 1.50. The van der Waals surface area contributed by atoms with E-state index in [1.165, 1.54) is 6.26 Å². The van der Waals surface area contributed by atoms with Crippen LogP contribution in [-0.2, 0) is 6.54 Å². The van der Waals surface area contributed by atoms with Crippen LogP contribution in [0.3, 0.4) is 0 Å². The van der Waals surface area contributed by atoms with Gasteiger partial charge >= 0.3 is 0 Å². The van der Waals surface area contributed by atoms with E-state index in [0.29, 0.717) is 24.6 Å². The van der Waals surface area contributed by atoms with Crippen molar-refractivity contribution in [3.63, 3.8) is 0 Å². The fraction of sp³-hybridized carbons (Fsp3) is 0.312. The third kappa shape index (κ3) is 2.52. The first-order valence-corrected chi connectivity index (χ1v) is 6.87. The largest absolute Gasteiger partial charge is 0.484 e. The molecule has 0 spiro atoms. The van der Waals surface area contributed by atoms with Gasteiger partial charge in [-0.3, -0.25) is 9.69 Å². The maximum absolute atomic E-state index is 12.6. The molecule has 3 rings (SSSR count). The van der Waals surface area contributed by atoms with Crippen LogP contribution in [-0.4, -0.2) is 18.1 Å². The molecule has 0 fully saturated rings. The molecular weight excluding hydrogens is 268 g/mol. The van der Waals surface area contributed by atoms with Crippen LogP contribution in [0.4, 0.5) is 5.69 Å². The van der Waals surface area contributed by atoms with Crippen LogP contribution in [0, 0.1) is 0 Å². The average Bonchev–Trinajstić information content (AvgIpc) is 2.98. The van der Waals surface area contributed by atoms with E-state index < -0.39 is 5.60 Å². The minimum atomic E-state index is -0.470. The van der Waals surface area contributed by atoms with Crippen LogP contribution in [0.25, 0.3) is 0 Å². The topological polar surface area (TPSA) is 68.7 Å². The molecule has 110 valence electrons. The second-order valence-corrected chi connectivity index (χ2v) is 5.74. The van der Waals surface area contributed by atoms with E-state index in [0.717, 1.165) is 11.3 Å². The van der Waals surface area contributed by atoms with Crippen molar-refractivity contribution in [1.29, 1.82) is 0 Å². The van der Waals surface area contributed by atoms with Gasteiger partial charge in [0.2, 0.25) is 0 Å². The number of carbonyl (C=O) groups excluding carboxylic acids is 1. The van der Waals surface area contributed by atoms with Crippen LogP contribution in [0.15, 0.2) is 41.0 Å². The summed E-state index contributed by atoms with van der Waals surface area (Å²) in [6.45, 7) is 4.80. The Morgan fingerprint density at radius 3 is 2.86 bits per heavy atom. The molecule has 21 heavy (non-hydrogen) atoms. The molecule has 1 aromatic heterocycles. The number of furan rings is 1. The number of rotatable bonds is 2. The van der Waals surface area contributed by atoms with Gasteiger partial charge in [0.25, 0.3) is 5.91 Å². The molecular formula is C16H18N2O3. The molecule has 0 aliphatic carbocycles. The highest BCUT2D eigenvalue weighted by molar-refractivity contribution is 6.05. The van der Waals surface area contributed by atoms with Gasteiger partial charge in [-0.2, -0.15) is 0 Å². The molecule has 5 heteroatoms.